The lowest BCUT2D eigenvalue weighted by Crippen LogP contribution is -2.38. The number of anilines is 2. The molecule has 1 aromatic carbocycles. The minimum Gasteiger partial charge on any atom is -0.492 e. The average molecular weight is 432 g/mol. The van der Waals surface area contributed by atoms with Crippen LogP contribution in [0.15, 0.2) is 34.9 Å². The molecule has 7 nitrogen and oxygen atoms in total. The van der Waals surface area contributed by atoms with Crippen LogP contribution in [0.2, 0.25) is 0 Å². The molecule has 1 saturated carbocycles. The summed E-state index contributed by atoms with van der Waals surface area (Å²) in [7, 11) is 0. The van der Waals surface area contributed by atoms with E-state index in [4.69, 9.17) is 26.1 Å². The van der Waals surface area contributed by atoms with Gasteiger partial charge in [0.05, 0.1) is 30.9 Å². The summed E-state index contributed by atoms with van der Waals surface area (Å²) in [5.74, 6) is 0.946. The molecule has 8 heteroatoms. The maximum atomic E-state index is 12.4. The lowest BCUT2D eigenvalue weighted by Gasteiger charge is -2.25. The third-order valence-electron chi connectivity index (χ3n) is 4.86. The van der Waals surface area contributed by atoms with E-state index in [-0.39, 0.29) is 11.7 Å². The SMILES string of the molecule is CCOc1cc(NC(=S)NC2CCCCC2)c(OCC)cc1NC(=O)c1ccco1. The van der Waals surface area contributed by atoms with Crippen LogP contribution in [0.5, 0.6) is 11.5 Å². The molecule has 30 heavy (non-hydrogen) atoms. The molecule has 0 atom stereocenters. The number of thiocarbonyl (C=S) groups is 1. The lowest BCUT2D eigenvalue weighted by atomic mass is 9.96. The molecule has 0 aliphatic heterocycles. The molecule has 1 aliphatic carbocycles. The van der Waals surface area contributed by atoms with Gasteiger partial charge in [-0.25, -0.2) is 0 Å². The number of hydrogen-bond acceptors (Lipinski definition) is 5. The van der Waals surface area contributed by atoms with Gasteiger partial charge in [0.15, 0.2) is 10.9 Å². The van der Waals surface area contributed by atoms with E-state index in [1.807, 2.05) is 13.8 Å². The van der Waals surface area contributed by atoms with Gasteiger partial charge in [-0.05, 0) is 51.0 Å². The molecule has 1 aliphatic rings. The van der Waals surface area contributed by atoms with E-state index in [0.717, 1.165) is 12.8 Å². The average Bonchev–Trinajstić information content (AvgIpc) is 3.27. The second-order valence-electron chi connectivity index (χ2n) is 7.08. The Morgan fingerprint density at radius 1 is 1.07 bits per heavy atom. The minimum atomic E-state index is -0.362. The number of ether oxygens (including phenoxy) is 2. The molecule has 3 N–H and O–H groups in total. The van der Waals surface area contributed by atoms with Crippen molar-refractivity contribution in [1.29, 1.82) is 0 Å². The highest BCUT2D eigenvalue weighted by atomic mass is 32.1. The molecule has 0 spiro atoms. The summed E-state index contributed by atoms with van der Waals surface area (Å²) in [5, 5.41) is 10.0. The Bertz CT molecular complexity index is 848. The van der Waals surface area contributed by atoms with Gasteiger partial charge in [-0.3, -0.25) is 4.79 Å². The van der Waals surface area contributed by atoms with Crippen molar-refractivity contribution in [3.8, 4) is 11.5 Å². The first-order valence-corrected chi connectivity index (χ1v) is 10.9. The second kappa shape index (κ2) is 10.9. The van der Waals surface area contributed by atoms with E-state index in [9.17, 15) is 4.79 Å². The van der Waals surface area contributed by atoms with E-state index >= 15 is 0 Å². The number of amides is 1. The Morgan fingerprint density at radius 3 is 2.27 bits per heavy atom. The largest absolute Gasteiger partial charge is 0.492 e. The second-order valence-corrected chi connectivity index (χ2v) is 7.48. The zero-order chi connectivity index (χ0) is 21.3. The van der Waals surface area contributed by atoms with Crippen molar-refractivity contribution < 1.29 is 18.7 Å². The van der Waals surface area contributed by atoms with Crippen LogP contribution >= 0.6 is 12.2 Å². The number of hydrogen-bond donors (Lipinski definition) is 3. The van der Waals surface area contributed by atoms with Gasteiger partial charge >= 0.3 is 0 Å². The highest BCUT2D eigenvalue weighted by Crippen LogP contribution is 2.37. The predicted molar refractivity (Wildman–Crippen MR) is 122 cm³/mol. The quantitative estimate of drug-likeness (QED) is 0.510. The topological polar surface area (TPSA) is 84.8 Å². The number of furan rings is 1. The summed E-state index contributed by atoms with van der Waals surface area (Å²) in [6.07, 6.45) is 7.45. The number of carbonyl (C=O) groups is 1. The van der Waals surface area contributed by atoms with Gasteiger partial charge in [-0.15, -0.1) is 0 Å². The molecule has 1 heterocycles. The van der Waals surface area contributed by atoms with Gasteiger partial charge in [0, 0.05) is 18.2 Å². The molecule has 1 aromatic heterocycles. The van der Waals surface area contributed by atoms with Crippen LogP contribution in [0.25, 0.3) is 0 Å². The smallest absolute Gasteiger partial charge is 0.291 e. The van der Waals surface area contributed by atoms with Gasteiger partial charge in [0.25, 0.3) is 5.91 Å². The monoisotopic (exact) mass is 431 g/mol. The van der Waals surface area contributed by atoms with Crippen LogP contribution in [-0.2, 0) is 0 Å². The van der Waals surface area contributed by atoms with Crippen LogP contribution in [0.3, 0.4) is 0 Å². The summed E-state index contributed by atoms with van der Waals surface area (Å²) < 4.78 is 16.7. The van der Waals surface area contributed by atoms with Crippen molar-refractivity contribution >= 4 is 34.6 Å². The van der Waals surface area contributed by atoms with Crippen LogP contribution in [0.4, 0.5) is 11.4 Å². The Balaban J connectivity index is 1.80. The predicted octanol–water partition coefficient (Wildman–Crippen LogP) is 4.95. The van der Waals surface area contributed by atoms with Crippen molar-refractivity contribution in [2.75, 3.05) is 23.8 Å². The summed E-state index contributed by atoms with van der Waals surface area (Å²) in [5.41, 5.74) is 1.18. The van der Waals surface area contributed by atoms with Crippen LogP contribution in [-0.4, -0.2) is 30.3 Å². The van der Waals surface area contributed by atoms with Crippen LogP contribution in [0, 0.1) is 0 Å². The van der Waals surface area contributed by atoms with E-state index in [2.05, 4.69) is 16.0 Å². The summed E-state index contributed by atoms with van der Waals surface area (Å²) >= 11 is 5.52. The van der Waals surface area contributed by atoms with Gasteiger partial charge in [0.1, 0.15) is 11.5 Å². The van der Waals surface area contributed by atoms with Gasteiger partial charge < -0.3 is 29.8 Å². The number of nitrogens with one attached hydrogen (secondary N) is 3. The fourth-order valence-electron chi connectivity index (χ4n) is 3.49. The Morgan fingerprint density at radius 2 is 1.70 bits per heavy atom. The van der Waals surface area contributed by atoms with E-state index in [1.165, 1.54) is 25.5 Å². The highest BCUT2D eigenvalue weighted by Gasteiger charge is 2.19. The zero-order valence-corrected chi connectivity index (χ0v) is 18.3. The molecule has 2 aromatic rings. The van der Waals surface area contributed by atoms with Crippen molar-refractivity contribution in [3.05, 3.63) is 36.3 Å². The standard InChI is InChI=1S/C22H29N3O4S/c1-3-27-19-14-17(25-22(30)23-15-9-6-5-7-10-15)20(28-4-2)13-16(19)24-21(26)18-11-8-12-29-18/h8,11-15H,3-7,9-10H2,1-2H3,(H,24,26)(H2,23,25,30). The molecule has 0 saturated heterocycles. The van der Waals surface area contributed by atoms with Gasteiger partial charge in [0.2, 0.25) is 0 Å². The molecule has 0 radical (unpaired) electrons. The summed E-state index contributed by atoms with van der Waals surface area (Å²) in [6.45, 7) is 4.70. The molecule has 1 amide bonds. The normalized spacial score (nSPS) is 14.1. The molecule has 0 bridgehead atoms. The summed E-state index contributed by atoms with van der Waals surface area (Å²) in [4.78, 5) is 12.4. The van der Waals surface area contributed by atoms with Gasteiger partial charge in [-0.1, -0.05) is 19.3 Å². The molecule has 3 rings (SSSR count). The lowest BCUT2D eigenvalue weighted by molar-refractivity contribution is 0.0996. The molecule has 1 fully saturated rings. The minimum absolute atomic E-state index is 0.218. The van der Waals surface area contributed by atoms with Crippen LogP contribution in [0.1, 0.15) is 56.5 Å². The first kappa shape index (κ1) is 22.0. The fourth-order valence-corrected chi connectivity index (χ4v) is 3.76. The zero-order valence-electron chi connectivity index (χ0n) is 17.5. The Kier molecular flexibility index (Phi) is 7.96. The third-order valence-corrected chi connectivity index (χ3v) is 5.08. The van der Waals surface area contributed by atoms with Crippen molar-refractivity contribution in [2.24, 2.45) is 0 Å². The summed E-state index contributed by atoms with van der Waals surface area (Å²) in [6, 6.07) is 7.19. The molecule has 162 valence electrons. The first-order chi connectivity index (χ1) is 14.6. The highest BCUT2D eigenvalue weighted by molar-refractivity contribution is 7.80. The fraction of sp³-hybridized carbons (Fsp3) is 0.455. The van der Waals surface area contributed by atoms with Gasteiger partial charge in [-0.2, -0.15) is 0 Å². The van der Waals surface area contributed by atoms with Crippen molar-refractivity contribution in [3.63, 3.8) is 0 Å². The molecule has 0 unspecified atom stereocenters. The maximum Gasteiger partial charge on any atom is 0.291 e. The number of benzene rings is 1. The van der Waals surface area contributed by atoms with E-state index < -0.39 is 0 Å². The molecular formula is C22H29N3O4S. The van der Waals surface area contributed by atoms with E-state index in [0.29, 0.717) is 47.2 Å². The van der Waals surface area contributed by atoms with Crippen molar-refractivity contribution in [1.82, 2.24) is 5.32 Å². The van der Waals surface area contributed by atoms with Crippen molar-refractivity contribution in [2.45, 2.75) is 52.0 Å². The maximum absolute atomic E-state index is 12.4. The number of carbonyl (C=O) groups excluding carboxylic acids is 1. The van der Waals surface area contributed by atoms with Crippen LogP contribution < -0.4 is 25.4 Å². The first-order valence-electron chi connectivity index (χ1n) is 10.5. The van der Waals surface area contributed by atoms with E-state index in [1.54, 1.807) is 24.3 Å². The molecular weight excluding hydrogens is 402 g/mol. The Hall–Kier alpha value is -2.74. The number of rotatable bonds is 8. The Labute approximate surface area is 182 Å². The third kappa shape index (κ3) is 5.89.